The van der Waals surface area contributed by atoms with E-state index in [0.29, 0.717) is 6.54 Å². The van der Waals surface area contributed by atoms with E-state index >= 15 is 0 Å². The summed E-state index contributed by atoms with van der Waals surface area (Å²) in [5.74, 6) is 0.0356. The molecule has 16 heavy (non-hydrogen) atoms. The zero-order valence-electron chi connectivity index (χ0n) is 9.66. The van der Waals surface area contributed by atoms with Crippen molar-refractivity contribution in [1.29, 1.82) is 0 Å². The van der Waals surface area contributed by atoms with Crippen LogP contribution >= 0.6 is 0 Å². The normalized spacial score (nSPS) is 18.9. The van der Waals surface area contributed by atoms with E-state index in [1.807, 2.05) is 0 Å². The molecule has 1 aliphatic rings. The summed E-state index contributed by atoms with van der Waals surface area (Å²) in [6.45, 7) is 2.14. The molecule has 0 radical (unpaired) electrons. The molecule has 0 aliphatic heterocycles. The van der Waals surface area contributed by atoms with E-state index in [1.54, 1.807) is 6.92 Å². The first-order valence-corrected chi connectivity index (χ1v) is 7.47. The fraction of sp³-hybridized carbons (Fsp3) is 0.900. The van der Waals surface area contributed by atoms with Gasteiger partial charge in [0.2, 0.25) is 5.91 Å². The number of hydrogen-bond donors (Lipinski definition) is 2. The third kappa shape index (κ3) is 2.95. The van der Waals surface area contributed by atoms with Crippen molar-refractivity contribution in [2.75, 3.05) is 24.6 Å². The second-order valence-corrected chi connectivity index (χ2v) is 6.80. The van der Waals surface area contributed by atoms with Gasteiger partial charge in [0.15, 0.2) is 9.84 Å². The fourth-order valence-electron chi connectivity index (χ4n) is 1.78. The van der Waals surface area contributed by atoms with Crippen molar-refractivity contribution >= 4 is 15.7 Å². The predicted octanol–water partition coefficient (Wildman–Crippen LogP) is -0.334. The maximum absolute atomic E-state index is 11.8. The molecule has 0 saturated heterocycles. The van der Waals surface area contributed by atoms with Gasteiger partial charge in [-0.2, -0.15) is 0 Å². The number of carbonyl (C=O) groups is 1. The standard InChI is InChI=1S/C10H20N2O3S/c1-2-16(14,15)7-6-12-9(13)10(8-11)4-3-5-10/h2-8,11H2,1H3,(H,12,13). The highest BCUT2D eigenvalue weighted by Gasteiger charge is 2.42. The number of carbonyl (C=O) groups excluding carboxylic acids is 1. The van der Waals surface area contributed by atoms with E-state index in [0.717, 1.165) is 19.3 Å². The van der Waals surface area contributed by atoms with Gasteiger partial charge in [-0.1, -0.05) is 13.3 Å². The molecule has 1 amide bonds. The molecule has 3 N–H and O–H groups in total. The number of nitrogens with two attached hydrogens (primary N) is 1. The maximum atomic E-state index is 11.8. The Hall–Kier alpha value is -0.620. The average molecular weight is 248 g/mol. The first-order chi connectivity index (χ1) is 7.46. The van der Waals surface area contributed by atoms with Gasteiger partial charge in [-0.05, 0) is 12.8 Å². The van der Waals surface area contributed by atoms with Crippen LogP contribution in [0.2, 0.25) is 0 Å². The molecule has 0 bridgehead atoms. The molecule has 0 aromatic carbocycles. The third-order valence-electron chi connectivity index (χ3n) is 3.32. The zero-order chi connectivity index (χ0) is 12.2. The lowest BCUT2D eigenvalue weighted by Crippen LogP contribution is -2.51. The van der Waals surface area contributed by atoms with Crippen LogP contribution in [0.5, 0.6) is 0 Å². The molecule has 6 heteroatoms. The van der Waals surface area contributed by atoms with Crippen LogP contribution < -0.4 is 11.1 Å². The maximum Gasteiger partial charge on any atom is 0.227 e. The summed E-state index contributed by atoms with van der Waals surface area (Å²) < 4.78 is 22.4. The molecule has 0 aromatic rings. The quantitative estimate of drug-likeness (QED) is 0.673. The van der Waals surface area contributed by atoms with Gasteiger partial charge in [-0.3, -0.25) is 4.79 Å². The lowest BCUT2D eigenvalue weighted by Gasteiger charge is -2.39. The minimum atomic E-state index is -3.00. The van der Waals surface area contributed by atoms with Crippen LogP contribution in [0.15, 0.2) is 0 Å². The Morgan fingerprint density at radius 1 is 1.44 bits per heavy atom. The molecule has 1 rings (SSSR count). The van der Waals surface area contributed by atoms with E-state index in [4.69, 9.17) is 5.73 Å². The minimum absolute atomic E-state index is 0.00981. The van der Waals surface area contributed by atoms with Crippen molar-refractivity contribution in [3.63, 3.8) is 0 Å². The number of amides is 1. The SMILES string of the molecule is CCS(=O)(=O)CCNC(=O)C1(CN)CCC1. The van der Waals surface area contributed by atoms with Crippen LogP contribution in [-0.4, -0.2) is 38.9 Å². The number of sulfone groups is 1. The van der Waals surface area contributed by atoms with E-state index in [9.17, 15) is 13.2 Å². The van der Waals surface area contributed by atoms with E-state index < -0.39 is 15.3 Å². The Morgan fingerprint density at radius 2 is 2.06 bits per heavy atom. The number of nitrogens with one attached hydrogen (secondary N) is 1. The first kappa shape index (κ1) is 13.4. The fourth-order valence-corrected chi connectivity index (χ4v) is 2.48. The van der Waals surface area contributed by atoms with Crippen LogP contribution in [0.4, 0.5) is 0 Å². The van der Waals surface area contributed by atoms with Crippen molar-refractivity contribution in [3.05, 3.63) is 0 Å². The lowest BCUT2D eigenvalue weighted by molar-refractivity contribution is -0.135. The van der Waals surface area contributed by atoms with Crippen molar-refractivity contribution in [3.8, 4) is 0 Å². The second-order valence-electron chi connectivity index (χ2n) is 4.33. The molecule has 5 nitrogen and oxygen atoms in total. The Balaban J connectivity index is 2.36. The van der Waals surface area contributed by atoms with E-state index in [2.05, 4.69) is 5.32 Å². The van der Waals surface area contributed by atoms with Crippen molar-refractivity contribution in [1.82, 2.24) is 5.32 Å². The van der Waals surface area contributed by atoms with Crippen molar-refractivity contribution in [2.45, 2.75) is 26.2 Å². The van der Waals surface area contributed by atoms with Crippen molar-refractivity contribution in [2.24, 2.45) is 11.1 Å². The largest absolute Gasteiger partial charge is 0.355 e. The summed E-state index contributed by atoms with van der Waals surface area (Å²) >= 11 is 0. The van der Waals surface area contributed by atoms with Gasteiger partial charge in [-0.15, -0.1) is 0 Å². The monoisotopic (exact) mass is 248 g/mol. The summed E-state index contributed by atoms with van der Waals surface area (Å²) in [6, 6.07) is 0. The van der Waals surface area contributed by atoms with E-state index in [-0.39, 0.29) is 24.0 Å². The highest BCUT2D eigenvalue weighted by Crippen LogP contribution is 2.39. The Bertz CT molecular complexity index is 342. The minimum Gasteiger partial charge on any atom is -0.355 e. The highest BCUT2D eigenvalue weighted by atomic mass is 32.2. The van der Waals surface area contributed by atoms with Crippen molar-refractivity contribution < 1.29 is 13.2 Å². The second kappa shape index (κ2) is 5.14. The average Bonchev–Trinajstić information content (AvgIpc) is 2.17. The molecule has 1 aliphatic carbocycles. The van der Waals surface area contributed by atoms with Gasteiger partial charge >= 0.3 is 0 Å². The zero-order valence-corrected chi connectivity index (χ0v) is 10.5. The van der Waals surface area contributed by atoms with E-state index in [1.165, 1.54) is 0 Å². The molecule has 0 unspecified atom stereocenters. The van der Waals surface area contributed by atoms with Gasteiger partial charge in [-0.25, -0.2) is 8.42 Å². The summed E-state index contributed by atoms with van der Waals surface area (Å²) in [6.07, 6.45) is 2.66. The summed E-state index contributed by atoms with van der Waals surface area (Å²) in [7, 11) is -3.00. The summed E-state index contributed by atoms with van der Waals surface area (Å²) in [5.41, 5.74) is 5.15. The Morgan fingerprint density at radius 3 is 2.44 bits per heavy atom. The van der Waals surface area contributed by atoms with Gasteiger partial charge in [0, 0.05) is 18.8 Å². The molecule has 0 heterocycles. The Kier molecular flexibility index (Phi) is 4.32. The molecule has 0 spiro atoms. The highest BCUT2D eigenvalue weighted by molar-refractivity contribution is 7.91. The molecular formula is C10H20N2O3S. The Labute approximate surface area is 96.7 Å². The van der Waals surface area contributed by atoms with Gasteiger partial charge < -0.3 is 11.1 Å². The van der Waals surface area contributed by atoms with Gasteiger partial charge in [0.05, 0.1) is 11.2 Å². The third-order valence-corrected chi connectivity index (χ3v) is 5.03. The van der Waals surface area contributed by atoms with Gasteiger partial charge in [0.25, 0.3) is 0 Å². The first-order valence-electron chi connectivity index (χ1n) is 5.64. The topological polar surface area (TPSA) is 89.3 Å². The molecule has 94 valence electrons. The summed E-state index contributed by atoms with van der Waals surface area (Å²) in [5, 5.41) is 2.67. The van der Waals surface area contributed by atoms with Crippen LogP contribution in [-0.2, 0) is 14.6 Å². The predicted molar refractivity (Wildman–Crippen MR) is 62.7 cm³/mol. The van der Waals surface area contributed by atoms with Crippen LogP contribution in [0.3, 0.4) is 0 Å². The lowest BCUT2D eigenvalue weighted by atomic mass is 9.68. The molecule has 1 fully saturated rings. The number of rotatable bonds is 6. The molecule has 1 saturated carbocycles. The summed E-state index contributed by atoms with van der Waals surface area (Å²) in [4.78, 5) is 11.8. The molecular weight excluding hydrogens is 228 g/mol. The molecule has 0 aromatic heterocycles. The number of hydrogen-bond acceptors (Lipinski definition) is 4. The van der Waals surface area contributed by atoms with Crippen LogP contribution in [0.1, 0.15) is 26.2 Å². The smallest absolute Gasteiger partial charge is 0.227 e. The van der Waals surface area contributed by atoms with Gasteiger partial charge in [0.1, 0.15) is 0 Å². The van der Waals surface area contributed by atoms with Crippen LogP contribution in [0.25, 0.3) is 0 Å². The van der Waals surface area contributed by atoms with Crippen LogP contribution in [0, 0.1) is 5.41 Å². The molecule has 0 atom stereocenters.